The first-order chi connectivity index (χ1) is 9.29. The fourth-order valence-corrected chi connectivity index (χ4v) is 4.15. The largest absolute Gasteiger partial charge is 0.398 e. The van der Waals surface area contributed by atoms with Crippen LogP contribution in [-0.2, 0) is 10.0 Å². The number of sulfonamides is 1. The van der Waals surface area contributed by atoms with E-state index in [9.17, 15) is 8.42 Å². The van der Waals surface area contributed by atoms with Gasteiger partial charge in [0.05, 0.1) is 5.69 Å². The van der Waals surface area contributed by atoms with E-state index in [4.69, 9.17) is 5.73 Å². The summed E-state index contributed by atoms with van der Waals surface area (Å²) in [6.07, 6.45) is 0. The van der Waals surface area contributed by atoms with Crippen LogP contribution in [0.2, 0.25) is 0 Å². The molecule has 0 spiro atoms. The smallest absolute Gasteiger partial charge is 0.263 e. The van der Waals surface area contributed by atoms with Gasteiger partial charge in [-0.25, -0.2) is 8.42 Å². The van der Waals surface area contributed by atoms with Gasteiger partial charge in [0.15, 0.2) is 0 Å². The van der Waals surface area contributed by atoms with E-state index in [2.05, 4.69) is 36.6 Å². The molecule has 4 nitrogen and oxygen atoms in total. The number of benzene rings is 2. The van der Waals surface area contributed by atoms with Crippen molar-refractivity contribution in [1.82, 2.24) is 0 Å². The summed E-state index contributed by atoms with van der Waals surface area (Å²) < 4.78 is 28.4. The number of halogens is 2. The molecule has 20 heavy (non-hydrogen) atoms. The number of nitrogen functional groups attached to an aromatic ring is 1. The summed E-state index contributed by atoms with van der Waals surface area (Å²) >= 11 is 6.50. The van der Waals surface area contributed by atoms with Gasteiger partial charge in [-0.05, 0) is 58.7 Å². The lowest BCUT2D eigenvalue weighted by molar-refractivity contribution is 0.600. The Morgan fingerprint density at radius 3 is 2.45 bits per heavy atom. The minimum Gasteiger partial charge on any atom is -0.398 e. The van der Waals surface area contributed by atoms with Gasteiger partial charge in [-0.2, -0.15) is 0 Å². The highest BCUT2D eigenvalue weighted by Gasteiger charge is 2.18. The lowest BCUT2D eigenvalue weighted by Gasteiger charge is -2.11. The average Bonchev–Trinajstić information content (AvgIpc) is 2.36. The molecule has 0 unspecified atom stereocenters. The molecule has 2 aromatic carbocycles. The molecule has 0 aliphatic rings. The number of hydrogen-bond donors (Lipinski definition) is 2. The Bertz CT molecular complexity index is 761. The van der Waals surface area contributed by atoms with E-state index < -0.39 is 10.0 Å². The van der Waals surface area contributed by atoms with E-state index in [1.807, 2.05) is 6.92 Å². The summed E-state index contributed by atoms with van der Waals surface area (Å²) in [5.74, 6) is 0. The van der Waals surface area contributed by atoms with Gasteiger partial charge >= 0.3 is 0 Å². The van der Waals surface area contributed by atoms with Crippen LogP contribution in [0.4, 0.5) is 11.4 Å². The van der Waals surface area contributed by atoms with Crippen molar-refractivity contribution in [3.63, 3.8) is 0 Å². The Labute approximate surface area is 134 Å². The van der Waals surface area contributed by atoms with Gasteiger partial charge in [-0.1, -0.05) is 22.0 Å². The molecule has 0 saturated heterocycles. The number of nitrogens with one attached hydrogen (secondary N) is 1. The van der Waals surface area contributed by atoms with E-state index in [1.165, 1.54) is 6.07 Å². The lowest BCUT2D eigenvalue weighted by atomic mass is 10.2. The van der Waals surface area contributed by atoms with E-state index >= 15 is 0 Å². The quantitative estimate of drug-likeness (QED) is 0.741. The molecule has 0 aromatic heterocycles. The maximum absolute atomic E-state index is 12.4. The maximum Gasteiger partial charge on any atom is 0.263 e. The summed E-state index contributed by atoms with van der Waals surface area (Å²) in [6.45, 7) is 1.86. The Kier molecular flexibility index (Phi) is 4.41. The SMILES string of the molecule is Cc1ccc(NS(=O)(=O)c2cc(Br)ccc2Br)cc1N. The van der Waals surface area contributed by atoms with Crippen LogP contribution in [0.5, 0.6) is 0 Å². The molecule has 0 bridgehead atoms. The van der Waals surface area contributed by atoms with Gasteiger partial charge < -0.3 is 5.73 Å². The molecule has 0 amide bonds. The van der Waals surface area contributed by atoms with E-state index in [0.717, 1.165) is 5.56 Å². The Hall–Kier alpha value is -1.05. The molecule has 0 radical (unpaired) electrons. The zero-order valence-corrected chi connectivity index (χ0v) is 14.5. The van der Waals surface area contributed by atoms with Crippen molar-refractivity contribution < 1.29 is 8.42 Å². The number of aryl methyl sites for hydroxylation is 1. The molecule has 3 N–H and O–H groups in total. The minimum absolute atomic E-state index is 0.158. The molecule has 0 heterocycles. The van der Waals surface area contributed by atoms with Crippen molar-refractivity contribution in [3.8, 4) is 0 Å². The Morgan fingerprint density at radius 2 is 1.80 bits per heavy atom. The summed E-state index contributed by atoms with van der Waals surface area (Å²) in [4.78, 5) is 0.158. The van der Waals surface area contributed by atoms with Crippen molar-refractivity contribution in [2.24, 2.45) is 0 Å². The Morgan fingerprint density at radius 1 is 1.10 bits per heavy atom. The molecule has 106 valence electrons. The van der Waals surface area contributed by atoms with Crippen LogP contribution in [0.1, 0.15) is 5.56 Å². The summed E-state index contributed by atoms with van der Waals surface area (Å²) in [7, 11) is -3.68. The first-order valence-electron chi connectivity index (χ1n) is 5.63. The van der Waals surface area contributed by atoms with Gasteiger partial charge in [0.25, 0.3) is 10.0 Å². The van der Waals surface area contributed by atoms with E-state index in [0.29, 0.717) is 20.3 Å². The molecular weight excluding hydrogens is 408 g/mol. The molecule has 0 aliphatic carbocycles. The molecule has 2 aromatic rings. The first kappa shape index (κ1) is 15.3. The highest BCUT2D eigenvalue weighted by molar-refractivity contribution is 9.11. The van der Waals surface area contributed by atoms with Gasteiger partial charge in [0.1, 0.15) is 4.90 Å². The molecule has 0 atom stereocenters. The van der Waals surface area contributed by atoms with Crippen molar-refractivity contribution in [2.45, 2.75) is 11.8 Å². The number of anilines is 2. The zero-order valence-electron chi connectivity index (χ0n) is 10.5. The van der Waals surface area contributed by atoms with Crippen LogP contribution in [0.15, 0.2) is 50.2 Å². The van der Waals surface area contributed by atoms with Crippen LogP contribution >= 0.6 is 31.9 Å². The first-order valence-corrected chi connectivity index (χ1v) is 8.70. The van der Waals surface area contributed by atoms with Gasteiger partial charge in [-0.15, -0.1) is 0 Å². The topological polar surface area (TPSA) is 72.2 Å². The van der Waals surface area contributed by atoms with Crippen LogP contribution in [0.3, 0.4) is 0 Å². The second kappa shape index (κ2) is 5.75. The number of nitrogens with two attached hydrogens (primary N) is 1. The van der Waals surface area contributed by atoms with Crippen molar-refractivity contribution in [1.29, 1.82) is 0 Å². The zero-order chi connectivity index (χ0) is 14.9. The highest BCUT2D eigenvalue weighted by Crippen LogP contribution is 2.28. The Balaban J connectivity index is 2.40. The second-order valence-electron chi connectivity index (χ2n) is 4.25. The van der Waals surface area contributed by atoms with Crippen LogP contribution < -0.4 is 10.5 Å². The van der Waals surface area contributed by atoms with Crippen molar-refractivity contribution in [3.05, 3.63) is 50.9 Å². The summed E-state index contributed by atoms with van der Waals surface area (Å²) in [5, 5.41) is 0. The summed E-state index contributed by atoms with van der Waals surface area (Å²) in [5.41, 5.74) is 7.65. The second-order valence-corrected chi connectivity index (χ2v) is 7.67. The summed E-state index contributed by atoms with van der Waals surface area (Å²) in [6, 6.07) is 10.00. The maximum atomic E-state index is 12.4. The fourth-order valence-electron chi connectivity index (χ4n) is 1.60. The molecular formula is C13H12Br2N2O2S. The third-order valence-electron chi connectivity index (χ3n) is 2.71. The highest BCUT2D eigenvalue weighted by atomic mass is 79.9. The number of hydrogen-bond acceptors (Lipinski definition) is 3. The van der Waals surface area contributed by atoms with Crippen LogP contribution in [0.25, 0.3) is 0 Å². The predicted molar refractivity (Wildman–Crippen MR) is 88.2 cm³/mol. The lowest BCUT2D eigenvalue weighted by Crippen LogP contribution is -2.13. The standard InChI is InChI=1S/C13H12Br2N2O2S/c1-8-2-4-10(7-12(8)16)17-20(18,19)13-6-9(14)3-5-11(13)15/h2-7,17H,16H2,1H3. The van der Waals surface area contributed by atoms with Gasteiger partial charge in [-0.3, -0.25) is 4.72 Å². The van der Waals surface area contributed by atoms with Crippen LogP contribution in [-0.4, -0.2) is 8.42 Å². The van der Waals surface area contributed by atoms with Crippen molar-refractivity contribution >= 4 is 53.3 Å². The molecule has 2 rings (SSSR count). The minimum atomic E-state index is -3.68. The third-order valence-corrected chi connectivity index (χ3v) is 5.58. The average molecular weight is 420 g/mol. The molecule has 0 saturated carbocycles. The molecule has 0 aliphatic heterocycles. The fraction of sp³-hybridized carbons (Fsp3) is 0.0769. The van der Waals surface area contributed by atoms with E-state index in [-0.39, 0.29) is 4.90 Å². The van der Waals surface area contributed by atoms with Gasteiger partial charge in [0.2, 0.25) is 0 Å². The van der Waals surface area contributed by atoms with Crippen molar-refractivity contribution in [2.75, 3.05) is 10.5 Å². The van der Waals surface area contributed by atoms with Crippen LogP contribution in [0, 0.1) is 6.92 Å². The third kappa shape index (κ3) is 3.34. The normalized spacial score (nSPS) is 11.3. The monoisotopic (exact) mass is 418 g/mol. The molecule has 0 fully saturated rings. The predicted octanol–water partition coefficient (Wildman–Crippen LogP) is 3.90. The van der Waals surface area contributed by atoms with E-state index in [1.54, 1.807) is 30.3 Å². The number of rotatable bonds is 3. The van der Waals surface area contributed by atoms with Gasteiger partial charge in [0, 0.05) is 14.6 Å². The molecule has 7 heteroatoms.